The van der Waals surface area contributed by atoms with Gasteiger partial charge in [-0.3, -0.25) is 14.9 Å². The minimum atomic E-state index is -1.24. The quantitative estimate of drug-likeness (QED) is 0.698. The Morgan fingerprint density at radius 1 is 1.17 bits per heavy atom. The highest BCUT2D eigenvalue weighted by atomic mass is 16.5. The first kappa shape index (κ1) is 23.1. The molecule has 0 fully saturated rings. The van der Waals surface area contributed by atoms with Crippen LogP contribution in [0.25, 0.3) is 10.8 Å². The number of nitrogens with one attached hydrogen (secondary N) is 2. The number of fused-ring (bicyclic) bond motifs is 1. The molecule has 2 aromatic rings. The minimum absolute atomic E-state index is 0.0555. The first-order chi connectivity index (χ1) is 14.0. The lowest BCUT2D eigenvalue weighted by molar-refractivity contribution is -0.127. The van der Waals surface area contributed by atoms with Gasteiger partial charge in [-0.2, -0.15) is 5.10 Å². The van der Waals surface area contributed by atoms with Gasteiger partial charge in [0.25, 0.3) is 11.5 Å². The zero-order valence-corrected chi connectivity index (χ0v) is 17.9. The number of hydrogen-bond acceptors (Lipinski definition) is 6. The van der Waals surface area contributed by atoms with Crippen molar-refractivity contribution in [1.29, 1.82) is 0 Å². The van der Waals surface area contributed by atoms with Crippen molar-refractivity contribution in [3.63, 3.8) is 0 Å². The van der Waals surface area contributed by atoms with Gasteiger partial charge < -0.3 is 10.1 Å². The van der Waals surface area contributed by atoms with Crippen LogP contribution in [0.1, 0.15) is 57.9 Å². The molecule has 1 atom stereocenters. The number of benzene rings is 1. The van der Waals surface area contributed by atoms with E-state index in [4.69, 9.17) is 4.74 Å². The summed E-state index contributed by atoms with van der Waals surface area (Å²) in [6.45, 7) is 9.01. The number of unbranched alkanes of at least 4 members (excludes halogenated alkanes) is 1. The van der Waals surface area contributed by atoms with Gasteiger partial charge in [0.2, 0.25) is 0 Å². The van der Waals surface area contributed by atoms with E-state index in [0.29, 0.717) is 17.3 Å². The van der Waals surface area contributed by atoms with Gasteiger partial charge in [-0.1, -0.05) is 31.5 Å². The molecule has 3 amide bonds. The molecule has 9 nitrogen and oxygen atoms in total. The molecule has 1 heterocycles. The molecular formula is C21H28N4O5. The largest absolute Gasteiger partial charge is 0.448 e. The van der Waals surface area contributed by atoms with Gasteiger partial charge in [0.05, 0.1) is 5.39 Å². The smallest absolute Gasteiger partial charge is 0.360 e. The monoisotopic (exact) mass is 416 g/mol. The number of carbonyl (C=O) groups is 3. The van der Waals surface area contributed by atoms with Gasteiger partial charge >= 0.3 is 12.0 Å². The Bertz CT molecular complexity index is 1010. The lowest BCUT2D eigenvalue weighted by atomic mass is 10.1. The van der Waals surface area contributed by atoms with Crippen molar-refractivity contribution in [2.45, 2.75) is 65.6 Å². The number of hydrogen-bond donors (Lipinski definition) is 2. The summed E-state index contributed by atoms with van der Waals surface area (Å²) in [5.74, 6) is -1.62. The van der Waals surface area contributed by atoms with Crippen LogP contribution in [0.5, 0.6) is 0 Å². The number of urea groups is 1. The van der Waals surface area contributed by atoms with Crippen LogP contribution >= 0.6 is 0 Å². The van der Waals surface area contributed by atoms with E-state index in [-0.39, 0.29) is 11.3 Å². The van der Waals surface area contributed by atoms with Crippen molar-refractivity contribution >= 4 is 28.7 Å². The molecule has 162 valence electrons. The third-order valence-corrected chi connectivity index (χ3v) is 4.16. The van der Waals surface area contributed by atoms with Gasteiger partial charge in [0, 0.05) is 17.5 Å². The summed E-state index contributed by atoms with van der Waals surface area (Å²) in [4.78, 5) is 49.4. The number of amides is 3. The molecule has 9 heteroatoms. The van der Waals surface area contributed by atoms with Crippen molar-refractivity contribution in [3.8, 4) is 0 Å². The van der Waals surface area contributed by atoms with Crippen LogP contribution in [0.2, 0.25) is 0 Å². The minimum Gasteiger partial charge on any atom is -0.448 e. The standard InChI is InChI=1S/C21H28N4O5/c1-6-7-12-25-18(27)15-11-9-8-10-14(15)16(24-25)19(28)30-13(2)17(26)22-20(29)23-21(3,4)5/h8-11,13H,6-7,12H2,1-5H3,(H2,22,23,26,29)/t13-/m1/s1. The van der Waals surface area contributed by atoms with E-state index in [2.05, 4.69) is 15.7 Å². The first-order valence-corrected chi connectivity index (χ1v) is 9.87. The average molecular weight is 416 g/mol. The molecule has 0 spiro atoms. The zero-order valence-electron chi connectivity index (χ0n) is 17.9. The molecule has 1 aromatic heterocycles. The number of aromatic nitrogens is 2. The summed E-state index contributed by atoms with van der Waals surface area (Å²) in [6.07, 6.45) is 0.343. The van der Waals surface area contributed by atoms with Gasteiger partial charge in [-0.05, 0) is 40.2 Å². The summed E-state index contributed by atoms with van der Waals surface area (Å²) in [6, 6.07) is 5.92. The second kappa shape index (κ2) is 9.51. The van der Waals surface area contributed by atoms with Gasteiger partial charge in [-0.25, -0.2) is 14.3 Å². The third kappa shape index (κ3) is 5.88. The summed E-state index contributed by atoms with van der Waals surface area (Å²) in [5, 5.41) is 9.59. The SMILES string of the molecule is CCCCn1nc(C(=O)O[C@H](C)C(=O)NC(=O)NC(C)(C)C)c2ccccc2c1=O. The topological polar surface area (TPSA) is 119 Å². The normalized spacial score (nSPS) is 12.3. The van der Waals surface area contributed by atoms with Crippen LogP contribution in [0, 0.1) is 0 Å². The van der Waals surface area contributed by atoms with Crippen molar-refractivity contribution < 1.29 is 19.1 Å². The molecule has 0 unspecified atom stereocenters. The molecule has 0 aliphatic rings. The van der Waals surface area contributed by atoms with E-state index >= 15 is 0 Å². The maximum absolute atomic E-state index is 12.7. The Morgan fingerprint density at radius 3 is 2.40 bits per heavy atom. The zero-order chi connectivity index (χ0) is 22.5. The van der Waals surface area contributed by atoms with E-state index in [0.717, 1.165) is 12.8 Å². The molecule has 2 rings (SSSR count). The molecule has 30 heavy (non-hydrogen) atoms. The van der Waals surface area contributed by atoms with Gasteiger partial charge in [0.1, 0.15) is 0 Å². The van der Waals surface area contributed by atoms with Crippen LogP contribution in [-0.4, -0.2) is 39.3 Å². The number of aryl methyl sites for hydroxylation is 1. The number of imide groups is 1. The molecule has 0 saturated heterocycles. The molecule has 0 aliphatic carbocycles. The first-order valence-electron chi connectivity index (χ1n) is 9.87. The maximum atomic E-state index is 12.7. The highest BCUT2D eigenvalue weighted by Crippen LogP contribution is 2.15. The predicted octanol–water partition coefficient (Wildman–Crippen LogP) is 2.37. The fourth-order valence-electron chi connectivity index (χ4n) is 2.70. The van der Waals surface area contributed by atoms with Gasteiger partial charge in [0.15, 0.2) is 11.8 Å². The number of carbonyl (C=O) groups excluding carboxylic acids is 3. The average Bonchev–Trinajstić information content (AvgIpc) is 2.65. The van der Waals surface area contributed by atoms with E-state index < -0.39 is 29.6 Å². The number of nitrogens with zero attached hydrogens (tertiary/aromatic N) is 2. The van der Waals surface area contributed by atoms with E-state index in [1.165, 1.54) is 11.6 Å². The third-order valence-electron chi connectivity index (χ3n) is 4.16. The summed E-state index contributed by atoms with van der Waals surface area (Å²) < 4.78 is 6.47. The highest BCUT2D eigenvalue weighted by Gasteiger charge is 2.25. The molecular weight excluding hydrogens is 388 g/mol. The summed E-state index contributed by atoms with van der Waals surface area (Å²) >= 11 is 0. The van der Waals surface area contributed by atoms with Gasteiger partial charge in [-0.15, -0.1) is 0 Å². The van der Waals surface area contributed by atoms with Crippen molar-refractivity contribution in [3.05, 3.63) is 40.3 Å². The number of rotatable bonds is 6. The second-order valence-corrected chi connectivity index (χ2v) is 8.02. The Kier molecular flexibility index (Phi) is 7.31. The van der Waals surface area contributed by atoms with E-state index in [1.807, 2.05) is 6.92 Å². The Labute approximate surface area is 174 Å². The van der Waals surface area contributed by atoms with Crippen molar-refractivity contribution in [1.82, 2.24) is 20.4 Å². The highest BCUT2D eigenvalue weighted by molar-refractivity contribution is 6.03. The van der Waals surface area contributed by atoms with Crippen LogP contribution in [0.15, 0.2) is 29.1 Å². The van der Waals surface area contributed by atoms with Crippen LogP contribution in [0.4, 0.5) is 4.79 Å². The number of esters is 1. The van der Waals surface area contributed by atoms with E-state index in [9.17, 15) is 19.2 Å². The molecule has 0 aliphatic heterocycles. The fourth-order valence-corrected chi connectivity index (χ4v) is 2.70. The molecule has 2 N–H and O–H groups in total. The second-order valence-electron chi connectivity index (χ2n) is 8.02. The molecule has 1 aromatic carbocycles. The maximum Gasteiger partial charge on any atom is 0.360 e. The fraction of sp³-hybridized carbons (Fsp3) is 0.476. The van der Waals surface area contributed by atoms with Crippen LogP contribution in [0.3, 0.4) is 0 Å². The molecule has 0 bridgehead atoms. The molecule has 0 radical (unpaired) electrons. The Hall–Kier alpha value is -3.23. The summed E-state index contributed by atoms with van der Waals surface area (Å²) in [5.41, 5.74) is -0.875. The molecule has 0 saturated carbocycles. The summed E-state index contributed by atoms with van der Waals surface area (Å²) in [7, 11) is 0. The lowest BCUT2D eigenvalue weighted by Crippen LogP contribution is -2.50. The predicted molar refractivity (Wildman–Crippen MR) is 112 cm³/mol. The Morgan fingerprint density at radius 2 is 1.80 bits per heavy atom. The van der Waals surface area contributed by atoms with Crippen LogP contribution < -0.4 is 16.2 Å². The van der Waals surface area contributed by atoms with E-state index in [1.54, 1.807) is 45.0 Å². The number of ether oxygens (including phenoxy) is 1. The van der Waals surface area contributed by atoms with Crippen LogP contribution in [-0.2, 0) is 16.1 Å². The lowest BCUT2D eigenvalue weighted by Gasteiger charge is -2.21. The van der Waals surface area contributed by atoms with Crippen molar-refractivity contribution in [2.75, 3.05) is 0 Å². The van der Waals surface area contributed by atoms with Crippen molar-refractivity contribution in [2.24, 2.45) is 0 Å². The Balaban J connectivity index is 2.23.